The maximum absolute atomic E-state index is 16.5. The van der Waals surface area contributed by atoms with Crippen molar-refractivity contribution in [3.63, 3.8) is 0 Å². The number of pyridine rings is 1. The molecule has 0 radical (unpaired) electrons. The number of likely N-dealkylation sites (tertiary alicyclic amines) is 2. The van der Waals surface area contributed by atoms with Crippen molar-refractivity contribution in [2.24, 2.45) is 0 Å². The van der Waals surface area contributed by atoms with Crippen LogP contribution in [0.15, 0.2) is 55.1 Å². The first-order chi connectivity index (χ1) is 20.3. The fourth-order valence-electron chi connectivity index (χ4n) is 6.64. The number of likely N-dealkylation sites (N-methyl/N-ethyl adjacent to an activating group) is 1. The molecule has 0 aliphatic carbocycles. The van der Waals surface area contributed by atoms with Crippen molar-refractivity contribution in [2.75, 3.05) is 38.2 Å². The molecule has 7 rings (SSSR count). The summed E-state index contributed by atoms with van der Waals surface area (Å²) in [6.45, 7) is 5.41. The summed E-state index contributed by atoms with van der Waals surface area (Å²) >= 11 is 6.56. The van der Waals surface area contributed by atoms with Gasteiger partial charge in [-0.15, -0.1) is 0 Å². The zero-order chi connectivity index (χ0) is 29.1. The third-order valence-electron chi connectivity index (χ3n) is 8.92. The number of aromatic nitrogens is 3. The lowest BCUT2D eigenvalue weighted by atomic mass is 9.95. The third kappa shape index (κ3) is 4.35. The minimum absolute atomic E-state index is 0.0796. The number of carbonyl (C=O) groups excluding carboxylic acids is 1. The molecule has 3 saturated heterocycles. The van der Waals surface area contributed by atoms with Crippen LogP contribution in [-0.2, 0) is 4.79 Å². The highest BCUT2D eigenvalue weighted by molar-refractivity contribution is 6.36. The Kier molecular flexibility index (Phi) is 6.70. The van der Waals surface area contributed by atoms with Crippen LogP contribution in [0.1, 0.15) is 19.3 Å². The second-order valence-electron chi connectivity index (χ2n) is 11.2. The molecule has 42 heavy (non-hydrogen) atoms. The molecule has 0 saturated carbocycles. The molecule has 8 nitrogen and oxygen atoms in total. The number of rotatable bonds is 6. The largest absolute Gasteiger partial charge is 0.462 e. The number of benzene rings is 2. The highest BCUT2D eigenvalue weighted by atomic mass is 35.5. The molecule has 1 unspecified atom stereocenters. The van der Waals surface area contributed by atoms with Gasteiger partial charge in [0.05, 0.1) is 12.1 Å². The van der Waals surface area contributed by atoms with Crippen LogP contribution in [-0.4, -0.2) is 82.1 Å². The number of ether oxygens (including phenoxy) is 1. The fraction of sp³-hybridized carbons (Fsp3) is 0.355. The van der Waals surface area contributed by atoms with Crippen LogP contribution in [0.3, 0.4) is 0 Å². The fourth-order valence-corrected chi connectivity index (χ4v) is 6.93. The van der Waals surface area contributed by atoms with Crippen molar-refractivity contribution in [1.82, 2.24) is 24.8 Å². The highest BCUT2D eigenvalue weighted by Crippen LogP contribution is 2.42. The summed E-state index contributed by atoms with van der Waals surface area (Å²) in [7, 11) is 2.06. The first kappa shape index (κ1) is 27.0. The number of halogens is 3. The molecule has 0 N–H and O–H groups in total. The van der Waals surface area contributed by atoms with Gasteiger partial charge in [-0.05, 0) is 45.0 Å². The van der Waals surface area contributed by atoms with Crippen LogP contribution in [0.5, 0.6) is 6.01 Å². The molecule has 216 valence electrons. The molecule has 11 heteroatoms. The average Bonchev–Trinajstić information content (AvgIpc) is 3.53. The quantitative estimate of drug-likeness (QED) is 0.279. The zero-order valence-corrected chi connectivity index (χ0v) is 23.8. The Hall–Kier alpha value is -3.89. The number of nitrogens with zero attached hydrogens (tertiary/aromatic N) is 6. The molecular formula is C31H29ClF2N6O2. The lowest BCUT2D eigenvalue weighted by Crippen LogP contribution is -2.63. The van der Waals surface area contributed by atoms with E-state index in [1.54, 1.807) is 24.5 Å². The van der Waals surface area contributed by atoms with Crippen molar-refractivity contribution >= 4 is 45.0 Å². The molecule has 4 aromatic rings. The minimum atomic E-state index is -0.966. The summed E-state index contributed by atoms with van der Waals surface area (Å²) in [4.78, 5) is 31.8. The maximum Gasteiger partial charge on any atom is 0.319 e. The number of hydrogen-bond donors (Lipinski definition) is 0. The molecule has 3 fully saturated rings. The van der Waals surface area contributed by atoms with Crippen molar-refractivity contribution < 1.29 is 18.3 Å². The molecule has 1 amide bonds. The van der Waals surface area contributed by atoms with Gasteiger partial charge in [0.15, 0.2) is 11.6 Å². The molecule has 2 aromatic carbocycles. The number of anilines is 1. The maximum atomic E-state index is 16.5. The summed E-state index contributed by atoms with van der Waals surface area (Å²) in [5.74, 6) is -1.64. The van der Waals surface area contributed by atoms with E-state index in [-0.39, 0.29) is 29.7 Å². The molecule has 3 atom stereocenters. The van der Waals surface area contributed by atoms with Crippen molar-refractivity contribution in [3.05, 3.63) is 66.0 Å². The van der Waals surface area contributed by atoms with Gasteiger partial charge < -0.3 is 19.4 Å². The monoisotopic (exact) mass is 590 g/mol. The van der Waals surface area contributed by atoms with Crippen LogP contribution in [0.4, 0.5) is 14.6 Å². The average molecular weight is 591 g/mol. The Balaban J connectivity index is 1.31. The highest BCUT2D eigenvalue weighted by Gasteiger charge is 2.50. The first-order valence-corrected chi connectivity index (χ1v) is 14.5. The molecule has 0 spiro atoms. The smallest absolute Gasteiger partial charge is 0.319 e. The van der Waals surface area contributed by atoms with E-state index in [0.29, 0.717) is 58.9 Å². The number of fused-ring (bicyclic) bond motifs is 3. The molecule has 5 heterocycles. The van der Waals surface area contributed by atoms with Crippen LogP contribution in [0.25, 0.3) is 32.8 Å². The van der Waals surface area contributed by atoms with E-state index in [1.807, 2.05) is 23.1 Å². The standard InChI is InChI=1S/C31H29ClF2N6O2/c1-17(33)30(41)39-12-10-24-25(39)15-40(24)29-21-9-8-20(22-14-35-13-18-5-3-7-23(32)26(18)22)27(34)28(21)36-31(37-29)42-16-19-6-4-11-38(19)2/h3,5,7-9,13-14,19,24-25H,1,4,6,10-12,15-16H2,2H3/t19-,24?,25+/m0/s1. The zero-order valence-electron chi connectivity index (χ0n) is 23.1. The van der Waals surface area contributed by atoms with Gasteiger partial charge in [0, 0.05) is 63.8 Å². The van der Waals surface area contributed by atoms with E-state index in [1.165, 1.54) is 4.90 Å². The Bertz CT molecular complexity index is 1750. The normalized spacial score (nSPS) is 22.0. The molecular weight excluding hydrogens is 562 g/mol. The summed E-state index contributed by atoms with van der Waals surface area (Å²) in [6.07, 6.45) is 6.04. The van der Waals surface area contributed by atoms with Crippen molar-refractivity contribution in [2.45, 2.75) is 37.4 Å². The first-order valence-electron chi connectivity index (χ1n) is 14.1. The van der Waals surface area contributed by atoms with Gasteiger partial charge in [0.1, 0.15) is 17.9 Å². The van der Waals surface area contributed by atoms with Crippen LogP contribution >= 0.6 is 11.6 Å². The second-order valence-corrected chi connectivity index (χ2v) is 11.7. The van der Waals surface area contributed by atoms with Gasteiger partial charge in [-0.3, -0.25) is 9.78 Å². The molecule has 0 bridgehead atoms. The predicted molar refractivity (Wildman–Crippen MR) is 158 cm³/mol. The Morgan fingerprint density at radius 2 is 1.98 bits per heavy atom. The van der Waals surface area contributed by atoms with Gasteiger partial charge in [-0.25, -0.2) is 8.78 Å². The lowest BCUT2D eigenvalue weighted by molar-refractivity contribution is -0.130. The predicted octanol–water partition coefficient (Wildman–Crippen LogP) is 5.38. The Labute approximate surface area is 246 Å². The van der Waals surface area contributed by atoms with Gasteiger partial charge in [0.25, 0.3) is 5.91 Å². The van der Waals surface area contributed by atoms with E-state index in [0.717, 1.165) is 24.8 Å². The molecule has 3 aliphatic rings. The van der Waals surface area contributed by atoms with Crippen LogP contribution < -0.4 is 9.64 Å². The van der Waals surface area contributed by atoms with Crippen molar-refractivity contribution in [1.29, 1.82) is 0 Å². The number of amides is 1. The van der Waals surface area contributed by atoms with Crippen LogP contribution in [0.2, 0.25) is 5.02 Å². The van der Waals surface area contributed by atoms with Crippen molar-refractivity contribution in [3.8, 4) is 17.1 Å². The van der Waals surface area contributed by atoms with Gasteiger partial charge >= 0.3 is 6.01 Å². The minimum Gasteiger partial charge on any atom is -0.462 e. The van der Waals surface area contributed by atoms with E-state index in [9.17, 15) is 9.18 Å². The topological polar surface area (TPSA) is 74.7 Å². The van der Waals surface area contributed by atoms with E-state index in [4.69, 9.17) is 21.3 Å². The van der Waals surface area contributed by atoms with E-state index >= 15 is 4.39 Å². The van der Waals surface area contributed by atoms with Gasteiger partial charge in [-0.1, -0.05) is 36.4 Å². The summed E-state index contributed by atoms with van der Waals surface area (Å²) in [5, 5.41) is 2.54. The Morgan fingerprint density at radius 1 is 1.12 bits per heavy atom. The second kappa shape index (κ2) is 10.4. The lowest BCUT2D eigenvalue weighted by Gasteiger charge is -2.47. The van der Waals surface area contributed by atoms with Gasteiger partial charge in [0.2, 0.25) is 0 Å². The number of hydrogen-bond acceptors (Lipinski definition) is 7. The van der Waals surface area contributed by atoms with E-state index in [2.05, 4.69) is 28.5 Å². The third-order valence-corrected chi connectivity index (χ3v) is 9.24. The van der Waals surface area contributed by atoms with Crippen LogP contribution in [0, 0.1) is 5.82 Å². The SMILES string of the molecule is C=C(F)C(=O)N1CCC2[C@H]1CN2c1nc(OC[C@@H]2CCCN2C)nc2c(F)c(-c3cncc4cccc(Cl)c34)ccc12. The molecule has 3 aliphatic heterocycles. The summed E-state index contributed by atoms with van der Waals surface area (Å²) in [5.41, 5.74) is 1.01. The van der Waals surface area contributed by atoms with E-state index < -0.39 is 17.6 Å². The summed E-state index contributed by atoms with van der Waals surface area (Å²) < 4.78 is 36.3. The van der Waals surface area contributed by atoms with Gasteiger partial charge in [-0.2, -0.15) is 9.97 Å². The molecule has 2 aromatic heterocycles. The summed E-state index contributed by atoms with van der Waals surface area (Å²) in [6, 6.07) is 9.07. The number of carbonyl (C=O) groups is 1. The Morgan fingerprint density at radius 3 is 2.76 bits per heavy atom.